The fourth-order valence-electron chi connectivity index (χ4n) is 3.84. The third-order valence-corrected chi connectivity index (χ3v) is 5.85. The van der Waals surface area contributed by atoms with E-state index < -0.39 is 5.41 Å². The third-order valence-electron chi connectivity index (χ3n) is 5.85. The first-order chi connectivity index (χ1) is 14.1. The van der Waals surface area contributed by atoms with Gasteiger partial charge in [-0.15, -0.1) is 0 Å². The zero-order valence-electron chi connectivity index (χ0n) is 16.4. The lowest BCUT2D eigenvalue weighted by molar-refractivity contribution is -0.134. The average molecular weight is 395 g/mol. The Labute approximate surface area is 170 Å². The maximum atomic E-state index is 13.7. The van der Waals surface area contributed by atoms with Gasteiger partial charge in [-0.2, -0.15) is 0 Å². The topological polar surface area (TPSA) is 61.4 Å². The molecule has 1 aliphatic carbocycles. The highest BCUT2D eigenvalue weighted by Gasteiger charge is 2.56. The summed E-state index contributed by atoms with van der Waals surface area (Å²) < 4.78 is 13.7. The molecule has 2 N–H and O–H groups in total. The average Bonchev–Trinajstić information content (AvgIpc) is 3.37. The van der Waals surface area contributed by atoms with Crippen LogP contribution in [0.25, 0.3) is 0 Å². The van der Waals surface area contributed by atoms with E-state index in [2.05, 4.69) is 15.5 Å². The van der Waals surface area contributed by atoms with Gasteiger partial charge in [0.2, 0.25) is 11.8 Å². The van der Waals surface area contributed by atoms with Gasteiger partial charge in [0, 0.05) is 31.0 Å². The summed E-state index contributed by atoms with van der Waals surface area (Å²) in [6, 6.07) is 14.3. The van der Waals surface area contributed by atoms with Crippen LogP contribution in [0.5, 0.6) is 0 Å². The van der Waals surface area contributed by atoms with Crippen LogP contribution in [-0.2, 0) is 16.0 Å². The van der Waals surface area contributed by atoms with Crippen LogP contribution >= 0.6 is 0 Å². The monoisotopic (exact) mass is 395 g/mol. The summed E-state index contributed by atoms with van der Waals surface area (Å²) in [6.45, 7) is 2.45. The molecule has 2 aromatic rings. The van der Waals surface area contributed by atoms with E-state index in [0.29, 0.717) is 37.1 Å². The van der Waals surface area contributed by atoms with Gasteiger partial charge in [0.15, 0.2) is 0 Å². The van der Waals surface area contributed by atoms with Crippen LogP contribution in [0.15, 0.2) is 48.5 Å². The number of nitrogens with one attached hydrogen (secondary N) is 2. The van der Waals surface area contributed by atoms with Crippen LogP contribution in [0.4, 0.5) is 15.8 Å². The lowest BCUT2D eigenvalue weighted by Crippen LogP contribution is -2.40. The lowest BCUT2D eigenvalue weighted by Gasteiger charge is -2.19. The Morgan fingerprint density at radius 2 is 1.66 bits per heavy atom. The molecule has 1 aliphatic heterocycles. The predicted molar refractivity (Wildman–Crippen MR) is 111 cm³/mol. The zero-order valence-corrected chi connectivity index (χ0v) is 16.4. The number of halogens is 1. The predicted octanol–water partition coefficient (Wildman–Crippen LogP) is 3.50. The van der Waals surface area contributed by atoms with E-state index in [0.717, 1.165) is 18.8 Å². The SMILES string of the molecule is O=C(NCCc1ccccc1F)C1(C(=O)Nc2ccc(N3CCCC3)cc2)CC1. The molecule has 0 aromatic heterocycles. The molecule has 2 amide bonds. The van der Waals surface area contributed by atoms with Crippen molar-refractivity contribution < 1.29 is 14.0 Å². The smallest absolute Gasteiger partial charge is 0.240 e. The molecule has 4 rings (SSSR count). The molecule has 0 atom stereocenters. The van der Waals surface area contributed by atoms with Crippen molar-refractivity contribution in [1.82, 2.24) is 5.32 Å². The lowest BCUT2D eigenvalue weighted by atomic mass is 10.0. The van der Waals surface area contributed by atoms with Gasteiger partial charge in [0.1, 0.15) is 11.2 Å². The highest BCUT2D eigenvalue weighted by Crippen LogP contribution is 2.46. The summed E-state index contributed by atoms with van der Waals surface area (Å²) in [6.07, 6.45) is 3.90. The van der Waals surface area contributed by atoms with Gasteiger partial charge in [-0.1, -0.05) is 18.2 Å². The zero-order chi connectivity index (χ0) is 20.3. The van der Waals surface area contributed by atoms with Gasteiger partial charge in [-0.25, -0.2) is 4.39 Å². The Hall–Kier alpha value is -2.89. The van der Waals surface area contributed by atoms with E-state index in [9.17, 15) is 14.0 Å². The summed E-state index contributed by atoms with van der Waals surface area (Å²) in [5.41, 5.74) is 1.42. The minimum absolute atomic E-state index is 0.269. The first-order valence-corrected chi connectivity index (χ1v) is 10.3. The quantitative estimate of drug-likeness (QED) is 0.706. The largest absolute Gasteiger partial charge is 0.372 e. The van der Waals surface area contributed by atoms with E-state index in [-0.39, 0.29) is 17.6 Å². The number of hydrogen-bond acceptors (Lipinski definition) is 3. The second kappa shape index (κ2) is 8.23. The van der Waals surface area contributed by atoms with E-state index in [1.807, 2.05) is 24.3 Å². The minimum Gasteiger partial charge on any atom is -0.372 e. The molecule has 0 spiro atoms. The summed E-state index contributed by atoms with van der Waals surface area (Å²) in [5.74, 6) is -0.826. The highest BCUT2D eigenvalue weighted by molar-refractivity contribution is 6.13. The van der Waals surface area contributed by atoms with Gasteiger partial charge in [-0.05, 0) is 68.0 Å². The fraction of sp³-hybridized carbons (Fsp3) is 0.391. The van der Waals surface area contributed by atoms with Crippen molar-refractivity contribution in [3.63, 3.8) is 0 Å². The van der Waals surface area contributed by atoms with Gasteiger partial charge in [-0.3, -0.25) is 9.59 Å². The highest BCUT2D eigenvalue weighted by atomic mass is 19.1. The summed E-state index contributed by atoms with van der Waals surface area (Å²) in [7, 11) is 0. The van der Waals surface area contributed by atoms with Crippen LogP contribution in [0.3, 0.4) is 0 Å². The molecule has 0 radical (unpaired) electrons. The standard InChI is InChI=1S/C23H26FN3O2/c24-20-6-2-1-5-17(20)11-14-25-21(28)23(12-13-23)22(29)26-18-7-9-19(10-8-18)27-15-3-4-16-27/h1-2,5-10H,3-4,11-16H2,(H,25,28)(H,26,29). The Kier molecular flexibility index (Phi) is 5.51. The Morgan fingerprint density at radius 1 is 0.966 bits per heavy atom. The molecule has 1 heterocycles. The van der Waals surface area contributed by atoms with E-state index in [1.165, 1.54) is 18.9 Å². The summed E-state index contributed by atoms with van der Waals surface area (Å²) >= 11 is 0. The van der Waals surface area contributed by atoms with Crippen LogP contribution in [-0.4, -0.2) is 31.4 Å². The second-order valence-corrected chi connectivity index (χ2v) is 7.87. The summed E-state index contributed by atoms with van der Waals surface area (Å²) in [5, 5.41) is 5.68. The molecule has 0 bridgehead atoms. The Balaban J connectivity index is 1.30. The van der Waals surface area contributed by atoms with Crippen LogP contribution in [0.2, 0.25) is 0 Å². The molecular weight excluding hydrogens is 369 g/mol. The minimum atomic E-state index is -0.997. The van der Waals surface area contributed by atoms with Crippen LogP contribution in [0, 0.1) is 11.2 Å². The van der Waals surface area contributed by atoms with E-state index in [4.69, 9.17) is 0 Å². The summed E-state index contributed by atoms with van der Waals surface area (Å²) in [4.78, 5) is 27.6. The van der Waals surface area contributed by atoms with E-state index in [1.54, 1.807) is 18.2 Å². The molecule has 2 fully saturated rings. The molecule has 6 heteroatoms. The van der Waals surface area contributed by atoms with Crippen molar-refractivity contribution in [3.05, 3.63) is 59.9 Å². The van der Waals surface area contributed by atoms with Crippen molar-refractivity contribution in [1.29, 1.82) is 0 Å². The maximum absolute atomic E-state index is 13.7. The number of carbonyl (C=O) groups excluding carboxylic acids is 2. The number of hydrogen-bond donors (Lipinski definition) is 2. The van der Waals surface area contributed by atoms with Gasteiger partial charge in [0.25, 0.3) is 0 Å². The van der Waals surface area contributed by atoms with Gasteiger partial charge >= 0.3 is 0 Å². The normalized spacial score (nSPS) is 17.1. The second-order valence-electron chi connectivity index (χ2n) is 7.87. The number of benzene rings is 2. The van der Waals surface area contributed by atoms with Gasteiger partial charge in [0.05, 0.1) is 0 Å². The van der Waals surface area contributed by atoms with Crippen molar-refractivity contribution in [3.8, 4) is 0 Å². The van der Waals surface area contributed by atoms with Crippen LogP contribution in [0.1, 0.15) is 31.2 Å². The van der Waals surface area contributed by atoms with Crippen LogP contribution < -0.4 is 15.5 Å². The van der Waals surface area contributed by atoms with Crippen molar-refractivity contribution in [2.24, 2.45) is 5.41 Å². The Morgan fingerprint density at radius 3 is 2.31 bits per heavy atom. The molecule has 1 saturated carbocycles. The van der Waals surface area contributed by atoms with Crippen molar-refractivity contribution >= 4 is 23.2 Å². The molecule has 5 nitrogen and oxygen atoms in total. The number of carbonyl (C=O) groups is 2. The number of anilines is 2. The molecule has 1 saturated heterocycles. The molecule has 29 heavy (non-hydrogen) atoms. The first-order valence-electron chi connectivity index (χ1n) is 10.3. The fourth-order valence-corrected chi connectivity index (χ4v) is 3.84. The number of amides is 2. The van der Waals surface area contributed by atoms with E-state index >= 15 is 0 Å². The maximum Gasteiger partial charge on any atom is 0.240 e. The number of rotatable bonds is 7. The molecule has 2 aromatic carbocycles. The molecule has 2 aliphatic rings. The molecule has 152 valence electrons. The van der Waals surface area contributed by atoms with Crippen molar-refractivity contribution in [2.45, 2.75) is 32.1 Å². The Bertz CT molecular complexity index is 887. The van der Waals surface area contributed by atoms with Gasteiger partial charge < -0.3 is 15.5 Å². The third kappa shape index (κ3) is 4.26. The number of nitrogens with zero attached hydrogens (tertiary/aromatic N) is 1. The first kappa shape index (κ1) is 19.4. The molecule has 0 unspecified atom stereocenters. The molecular formula is C23H26FN3O2. The van der Waals surface area contributed by atoms with Crippen molar-refractivity contribution in [2.75, 3.05) is 29.9 Å².